The van der Waals surface area contributed by atoms with E-state index >= 15 is 0 Å². The maximum Gasteiger partial charge on any atom is 0.314 e. The molecule has 5 heteroatoms. The Morgan fingerprint density at radius 2 is 1.49 bits per heavy atom. The molecule has 1 aromatic heterocycles. The highest BCUT2D eigenvalue weighted by Gasteiger charge is 2.38. The number of hydrogen-bond acceptors (Lipinski definition) is 5. The van der Waals surface area contributed by atoms with Gasteiger partial charge in [0.25, 0.3) is 0 Å². The quantitative estimate of drug-likeness (QED) is 0.115. The number of benzene rings is 1. The van der Waals surface area contributed by atoms with E-state index in [9.17, 15) is 10.1 Å². The summed E-state index contributed by atoms with van der Waals surface area (Å²) in [5, 5.41) is 9.87. The largest absolute Gasteiger partial charge is 0.492 e. The molecule has 212 valence electrons. The van der Waals surface area contributed by atoms with Crippen molar-refractivity contribution in [1.29, 1.82) is 5.26 Å². The van der Waals surface area contributed by atoms with Crippen LogP contribution in [-0.2, 0) is 4.79 Å². The van der Waals surface area contributed by atoms with Crippen LogP contribution in [0, 0.1) is 22.7 Å². The first kappa shape index (κ1) is 30.7. The van der Waals surface area contributed by atoms with Gasteiger partial charge in [0.1, 0.15) is 11.5 Å². The molecule has 2 aromatic rings. The Labute approximate surface area is 236 Å². The standard InChI is InChI=1S/C34H48N2O3/c1-3-5-7-9-10-12-22-34(27-35)23-20-29(21-24-34)33(37)39-30-16-14-28(15-17-30)32-19-18-31(26-36-32)38-25-13-11-8-6-4-2/h14-19,26,29H,3-13,20-25H2,1-2H3/t29-,34-. The molecule has 0 unspecified atom stereocenters. The average molecular weight is 533 g/mol. The molecule has 3 rings (SSSR count). The smallest absolute Gasteiger partial charge is 0.314 e. The average Bonchev–Trinajstić information content (AvgIpc) is 2.98. The molecule has 1 aromatic carbocycles. The molecule has 1 aliphatic carbocycles. The number of rotatable bonds is 17. The summed E-state index contributed by atoms with van der Waals surface area (Å²) < 4.78 is 11.5. The van der Waals surface area contributed by atoms with Gasteiger partial charge in [0.15, 0.2) is 0 Å². The van der Waals surface area contributed by atoms with Gasteiger partial charge in [-0.3, -0.25) is 9.78 Å². The Morgan fingerprint density at radius 1 is 0.872 bits per heavy atom. The molecule has 1 aliphatic rings. The maximum absolute atomic E-state index is 12.8. The molecule has 1 fully saturated rings. The van der Waals surface area contributed by atoms with Crippen molar-refractivity contribution < 1.29 is 14.3 Å². The van der Waals surface area contributed by atoms with Gasteiger partial charge >= 0.3 is 5.97 Å². The molecule has 0 atom stereocenters. The molecule has 0 aliphatic heterocycles. The summed E-state index contributed by atoms with van der Waals surface area (Å²) in [6.07, 6.45) is 19.3. The highest BCUT2D eigenvalue weighted by molar-refractivity contribution is 5.75. The summed E-state index contributed by atoms with van der Waals surface area (Å²) in [6.45, 7) is 5.18. The van der Waals surface area contributed by atoms with Crippen LogP contribution in [0.5, 0.6) is 11.5 Å². The van der Waals surface area contributed by atoms with E-state index in [1.54, 1.807) is 6.20 Å². The van der Waals surface area contributed by atoms with Gasteiger partial charge in [-0.05, 0) is 74.9 Å². The van der Waals surface area contributed by atoms with E-state index in [-0.39, 0.29) is 17.3 Å². The molecule has 0 spiro atoms. The van der Waals surface area contributed by atoms with E-state index in [4.69, 9.17) is 9.47 Å². The first-order valence-electron chi connectivity index (χ1n) is 15.4. The minimum absolute atomic E-state index is 0.128. The second-order valence-corrected chi connectivity index (χ2v) is 11.3. The zero-order chi connectivity index (χ0) is 27.8. The second kappa shape index (κ2) is 17.0. The van der Waals surface area contributed by atoms with Crippen LogP contribution in [-0.4, -0.2) is 17.6 Å². The Kier molecular flexibility index (Phi) is 13.3. The Bertz CT molecular complexity index is 1000. The van der Waals surface area contributed by atoms with E-state index in [1.165, 1.54) is 57.8 Å². The van der Waals surface area contributed by atoms with Crippen LogP contribution in [0.4, 0.5) is 0 Å². The summed E-state index contributed by atoms with van der Waals surface area (Å²) in [4.78, 5) is 17.4. The second-order valence-electron chi connectivity index (χ2n) is 11.3. The van der Waals surface area contributed by atoms with Crippen LogP contribution < -0.4 is 9.47 Å². The summed E-state index contributed by atoms with van der Waals surface area (Å²) in [5.41, 5.74) is 1.56. The third kappa shape index (κ3) is 10.3. The molecule has 0 saturated heterocycles. The van der Waals surface area contributed by atoms with Crippen LogP contribution in [0.3, 0.4) is 0 Å². The van der Waals surface area contributed by atoms with Crippen molar-refractivity contribution in [3.8, 4) is 28.8 Å². The molecular formula is C34H48N2O3. The van der Waals surface area contributed by atoms with Crippen LogP contribution in [0.25, 0.3) is 11.3 Å². The van der Waals surface area contributed by atoms with E-state index < -0.39 is 0 Å². The highest BCUT2D eigenvalue weighted by Crippen LogP contribution is 2.43. The lowest BCUT2D eigenvalue weighted by atomic mass is 9.69. The summed E-state index contributed by atoms with van der Waals surface area (Å²) in [7, 11) is 0. The molecule has 1 heterocycles. The summed E-state index contributed by atoms with van der Waals surface area (Å²) in [6, 6.07) is 14.0. The van der Waals surface area contributed by atoms with E-state index in [1.807, 2.05) is 36.4 Å². The van der Waals surface area contributed by atoms with E-state index in [0.717, 1.165) is 68.6 Å². The summed E-state index contributed by atoms with van der Waals surface area (Å²) >= 11 is 0. The zero-order valence-corrected chi connectivity index (χ0v) is 24.3. The van der Waals surface area contributed by atoms with E-state index in [2.05, 4.69) is 24.9 Å². The van der Waals surface area contributed by atoms with Gasteiger partial charge in [0.05, 0.1) is 35.9 Å². The van der Waals surface area contributed by atoms with Crippen molar-refractivity contribution in [3.05, 3.63) is 42.6 Å². The topological polar surface area (TPSA) is 72.2 Å². The maximum atomic E-state index is 12.8. The molecule has 0 amide bonds. The first-order valence-corrected chi connectivity index (χ1v) is 15.4. The van der Waals surface area contributed by atoms with Gasteiger partial charge in [-0.2, -0.15) is 5.26 Å². The van der Waals surface area contributed by atoms with Gasteiger partial charge in [-0.1, -0.05) is 78.1 Å². The number of ether oxygens (including phenoxy) is 2. The fourth-order valence-electron chi connectivity index (χ4n) is 5.49. The molecule has 1 saturated carbocycles. The third-order valence-corrected chi connectivity index (χ3v) is 8.14. The number of unbranched alkanes of at least 4 members (excludes halogenated alkanes) is 9. The van der Waals surface area contributed by atoms with Crippen molar-refractivity contribution in [3.63, 3.8) is 0 Å². The number of nitrogens with zero attached hydrogens (tertiary/aromatic N) is 2. The van der Waals surface area contributed by atoms with Crippen LogP contribution in [0.2, 0.25) is 0 Å². The number of carbonyl (C=O) groups excluding carboxylic acids is 1. The highest BCUT2D eigenvalue weighted by atomic mass is 16.5. The predicted octanol–water partition coefficient (Wildman–Crippen LogP) is 9.45. The monoisotopic (exact) mass is 532 g/mol. The first-order chi connectivity index (χ1) is 19.1. The Balaban J connectivity index is 1.41. The minimum atomic E-state index is -0.259. The van der Waals surface area contributed by atoms with Gasteiger partial charge in [0, 0.05) is 5.56 Å². The van der Waals surface area contributed by atoms with Gasteiger partial charge in [-0.15, -0.1) is 0 Å². The van der Waals surface area contributed by atoms with E-state index in [0.29, 0.717) is 5.75 Å². The molecule has 0 N–H and O–H groups in total. The molecule has 0 radical (unpaired) electrons. The summed E-state index contributed by atoms with van der Waals surface area (Å²) in [5.74, 6) is 1.04. The third-order valence-electron chi connectivity index (χ3n) is 8.14. The van der Waals surface area contributed by atoms with Crippen molar-refractivity contribution >= 4 is 5.97 Å². The lowest BCUT2D eigenvalue weighted by molar-refractivity contribution is -0.140. The van der Waals surface area contributed by atoms with Crippen LogP contribution >= 0.6 is 0 Å². The van der Waals surface area contributed by atoms with Crippen molar-refractivity contribution in [1.82, 2.24) is 4.98 Å². The number of carbonyl (C=O) groups is 1. The van der Waals surface area contributed by atoms with Gasteiger partial charge < -0.3 is 9.47 Å². The van der Waals surface area contributed by atoms with Crippen molar-refractivity contribution in [2.45, 2.75) is 117 Å². The Morgan fingerprint density at radius 3 is 2.10 bits per heavy atom. The molecular weight excluding hydrogens is 484 g/mol. The predicted molar refractivity (Wildman–Crippen MR) is 158 cm³/mol. The minimum Gasteiger partial charge on any atom is -0.492 e. The SMILES string of the molecule is CCCCCCCC[C@]1(C#N)CC[C@H](C(=O)Oc2ccc(-c3ccc(OCCCCCCC)cn3)cc2)CC1. The molecule has 0 bridgehead atoms. The van der Waals surface area contributed by atoms with Gasteiger partial charge in [0.2, 0.25) is 0 Å². The van der Waals surface area contributed by atoms with Crippen molar-refractivity contribution in [2.24, 2.45) is 11.3 Å². The number of pyridine rings is 1. The number of aromatic nitrogens is 1. The molecule has 39 heavy (non-hydrogen) atoms. The number of nitriles is 1. The lowest BCUT2D eigenvalue weighted by Crippen LogP contribution is -2.31. The van der Waals surface area contributed by atoms with Crippen LogP contribution in [0.15, 0.2) is 42.6 Å². The van der Waals surface area contributed by atoms with Crippen molar-refractivity contribution in [2.75, 3.05) is 6.61 Å². The fraction of sp³-hybridized carbons (Fsp3) is 0.618. The van der Waals surface area contributed by atoms with Crippen LogP contribution in [0.1, 0.15) is 117 Å². The number of hydrogen-bond donors (Lipinski definition) is 0. The molecule has 5 nitrogen and oxygen atoms in total. The fourth-order valence-corrected chi connectivity index (χ4v) is 5.49. The Hall–Kier alpha value is -2.87. The number of esters is 1. The lowest BCUT2D eigenvalue weighted by Gasteiger charge is -2.34. The zero-order valence-electron chi connectivity index (χ0n) is 24.3. The normalized spacial score (nSPS) is 18.8. The van der Waals surface area contributed by atoms with Gasteiger partial charge in [-0.25, -0.2) is 0 Å².